The predicted octanol–water partition coefficient (Wildman–Crippen LogP) is 5.76. The molecular formula is C32H26N2O6. The number of methoxy groups -OCH3 is 2. The maximum absolute atomic E-state index is 13.0. The molecule has 1 N–H and O–H groups in total. The summed E-state index contributed by atoms with van der Waals surface area (Å²) in [5, 5.41) is 7.77. The highest BCUT2D eigenvalue weighted by Crippen LogP contribution is 2.30. The number of hydrogen-bond donors (Lipinski definition) is 1. The van der Waals surface area contributed by atoms with Crippen LogP contribution in [0.3, 0.4) is 0 Å². The molecule has 0 aliphatic heterocycles. The smallest absolute Gasteiger partial charge is 0.343 e. The topological polar surface area (TPSA) is 95.5 Å². The van der Waals surface area contributed by atoms with Gasteiger partial charge in [-0.1, -0.05) is 66.7 Å². The van der Waals surface area contributed by atoms with E-state index in [9.17, 15) is 9.59 Å². The summed E-state index contributed by atoms with van der Waals surface area (Å²) in [5.41, 5.74) is 3.30. The van der Waals surface area contributed by atoms with Gasteiger partial charge in [-0.05, 0) is 46.5 Å². The van der Waals surface area contributed by atoms with Crippen LogP contribution in [-0.2, 0) is 4.79 Å². The number of benzene rings is 5. The van der Waals surface area contributed by atoms with Crippen LogP contribution in [0.1, 0.15) is 15.9 Å². The second kappa shape index (κ2) is 12.0. The third-order valence-corrected chi connectivity index (χ3v) is 6.24. The van der Waals surface area contributed by atoms with E-state index in [1.54, 1.807) is 24.3 Å². The van der Waals surface area contributed by atoms with Crippen LogP contribution in [0.2, 0.25) is 0 Å². The van der Waals surface area contributed by atoms with Crippen molar-refractivity contribution in [1.29, 1.82) is 0 Å². The number of nitrogens with zero attached hydrogens (tertiary/aromatic N) is 1. The summed E-state index contributed by atoms with van der Waals surface area (Å²) < 4.78 is 22.0. The van der Waals surface area contributed by atoms with E-state index in [1.807, 2.05) is 72.8 Å². The molecule has 5 aromatic carbocycles. The van der Waals surface area contributed by atoms with Crippen LogP contribution < -0.4 is 24.4 Å². The summed E-state index contributed by atoms with van der Waals surface area (Å²) in [6, 6.07) is 29.3. The molecule has 200 valence electrons. The van der Waals surface area contributed by atoms with E-state index >= 15 is 0 Å². The van der Waals surface area contributed by atoms with Crippen molar-refractivity contribution in [3.05, 3.63) is 108 Å². The molecule has 0 aromatic heterocycles. The van der Waals surface area contributed by atoms with Crippen LogP contribution in [0.4, 0.5) is 0 Å². The Labute approximate surface area is 230 Å². The average molecular weight is 535 g/mol. The van der Waals surface area contributed by atoms with E-state index in [2.05, 4.69) is 10.5 Å². The van der Waals surface area contributed by atoms with Crippen LogP contribution >= 0.6 is 0 Å². The second-order valence-electron chi connectivity index (χ2n) is 8.72. The van der Waals surface area contributed by atoms with E-state index in [0.717, 1.165) is 21.5 Å². The molecule has 1 amide bonds. The molecule has 0 spiro atoms. The van der Waals surface area contributed by atoms with Crippen molar-refractivity contribution >= 4 is 39.6 Å². The molecule has 8 heteroatoms. The molecule has 40 heavy (non-hydrogen) atoms. The van der Waals surface area contributed by atoms with E-state index in [1.165, 1.54) is 20.4 Å². The largest absolute Gasteiger partial charge is 0.493 e. The van der Waals surface area contributed by atoms with Gasteiger partial charge in [0.15, 0.2) is 18.1 Å². The molecule has 5 aromatic rings. The van der Waals surface area contributed by atoms with Gasteiger partial charge in [0.05, 0.1) is 26.0 Å². The van der Waals surface area contributed by atoms with Crippen molar-refractivity contribution in [2.75, 3.05) is 20.8 Å². The van der Waals surface area contributed by atoms with Crippen molar-refractivity contribution < 1.29 is 28.5 Å². The Bertz CT molecular complexity index is 1720. The monoisotopic (exact) mass is 534 g/mol. The minimum atomic E-state index is -0.585. The van der Waals surface area contributed by atoms with Gasteiger partial charge in [-0.25, -0.2) is 10.2 Å². The van der Waals surface area contributed by atoms with Gasteiger partial charge in [0.25, 0.3) is 5.91 Å². The number of fused-ring (bicyclic) bond motifs is 2. The van der Waals surface area contributed by atoms with Crippen LogP contribution in [0.15, 0.2) is 102 Å². The van der Waals surface area contributed by atoms with Gasteiger partial charge in [0, 0.05) is 10.9 Å². The third-order valence-electron chi connectivity index (χ3n) is 6.24. The lowest BCUT2D eigenvalue weighted by atomic mass is 10.0. The van der Waals surface area contributed by atoms with Crippen molar-refractivity contribution in [3.63, 3.8) is 0 Å². The predicted molar refractivity (Wildman–Crippen MR) is 154 cm³/mol. The Morgan fingerprint density at radius 3 is 2.17 bits per heavy atom. The molecular weight excluding hydrogens is 508 g/mol. The number of esters is 1. The fourth-order valence-corrected chi connectivity index (χ4v) is 4.29. The van der Waals surface area contributed by atoms with Crippen molar-refractivity contribution in [2.45, 2.75) is 0 Å². The molecule has 0 saturated heterocycles. The first kappa shape index (κ1) is 26.2. The highest BCUT2D eigenvalue weighted by molar-refractivity contribution is 6.04. The van der Waals surface area contributed by atoms with Gasteiger partial charge in [0.2, 0.25) is 0 Å². The highest BCUT2D eigenvalue weighted by Gasteiger charge is 2.16. The van der Waals surface area contributed by atoms with Gasteiger partial charge in [0.1, 0.15) is 11.5 Å². The summed E-state index contributed by atoms with van der Waals surface area (Å²) in [6.07, 6.45) is 1.45. The average Bonchev–Trinajstić information content (AvgIpc) is 3.00. The molecule has 0 saturated carbocycles. The first-order chi connectivity index (χ1) is 19.6. The van der Waals surface area contributed by atoms with Crippen LogP contribution in [0.5, 0.6) is 23.0 Å². The first-order valence-electron chi connectivity index (χ1n) is 12.5. The molecule has 0 heterocycles. The number of ether oxygens (including phenoxy) is 4. The van der Waals surface area contributed by atoms with E-state index in [4.69, 9.17) is 18.9 Å². The number of nitrogens with one attached hydrogen (secondary N) is 1. The summed E-state index contributed by atoms with van der Waals surface area (Å²) in [4.78, 5) is 25.5. The SMILES string of the molecule is COc1ccc(C(=O)Oc2ccc3ccccc3c2/C=N/NC(=O)COc2cccc3ccccc23)cc1OC. The summed E-state index contributed by atoms with van der Waals surface area (Å²) in [6.45, 7) is -0.220. The number of rotatable bonds is 9. The summed E-state index contributed by atoms with van der Waals surface area (Å²) in [5.74, 6) is 0.772. The minimum absolute atomic E-state index is 0.220. The van der Waals surface area contributed by atoms with E-state index < -0.39 is 11.9 Å². The Morgan fingerprint density at radius 1 is 0.725 bits per heavy atom. The lowest BCUT2D eigenvalue weighted by molar-refractivity contribution is -0.123. The second-order valence-corrected chi connectivity index (χ2v) is 8.72. The Balaban J connectivity index is 1.33. The van der Waals surface area contributed by atoms with Crippen molar-refractivity contribution in [3.8, 4) is 23.0 Å². The van der Waals surface area contributed by atoms with E-state index in [0.29, 0.717) is 22.8 Å². The highest BCUT2D eigenvalue weighted by atomic mass is 16.5. The van der Waals surface area contributed by atoms with Gasteiger partial charge in [-0.15, -0.1) is 0 Å². The fourth-order valence-electron chi connectivity index (χ4n) is 4.29. The maximum Gasteiger partial charge on any atom is 0.343 e. The normalized spacial score (nSPS) is 10.9. The van der Waals surface area contributed by atoms with Crippen LogP contribution in [-0.4, -0.2) is 38.9 Å². The minimum Gasteiger partial charge on any atom is -0.493 e. The zero-order chi connectivity index (χ0) is 27.9. The zero-order valence-electron chi connectivity index (χ0n) is 21.9. The van der Waals surface area contributed by atoms with Crippen molar-refractivity contribution in [2.24, 2.45) is 5.10 Å². The molecule has 0 bridgehead atoms. The van der Waals surface area contributed by atoms with Crippen LogP contribution in [0.25, 0.3) is 21.5 Å². The fraction of sp³-hybridized carbons (Fsp3) is 0.0938. The van der Waals surface area contributed by atoms with Gasteiger partial charge in [-0.2, -0.15) is 5.10 Å². The van der Waals surface area contributed by atoms with Gasteiger partial charge < -0.3 is 18.9 Å². The van der Waals surface area contributed by atoms with Gasteiger partial charge in [-0.3, -0.25) is 4.79 Å². The van der Waals surface area contributed by atoms with E-state index in [-0.39, 0.29) is 17.9 Å². The third kappa shape index (κ3) is 5.71. The molecule has 0 aliphatic rings. The quantitative estimate of drug-likeness (QED) is 0.112. The number of hydrogen-bond acceptors (Lipinski definition) is 7. The number of carbonyl (C=O) groups is 2. The first-order valence-corrected chi connectivity index (χ1v) is 12.5. The lowest BCUT2D eigenvalue weighted by Crippen LogP contribution is -2.24. The number of amides is 1. The van der Waals surface area contributed by atoms with Crippen LogP contribution in [0, 0.1) is 0 Å². The molecule has 0 atom stereocenters. The molecule has 0 fully saturated rings. The molecule has 0 aliphatic carbocycles. The summed E-state index contributed by atoms with van der Waals surface area (Å²) in [7, 11) is 3.01. The van der Waals surface area contributed by atoms with Gasteiger partial charge >= 0.3 is 5.97 Å². The zero-order valence-corrected chi connectivity index (χ0v) is 21.9. The molecule has 8 nitrogen and oxygen atoms in total. The maximum atomic E-state index is 13.0. The number of hydrazone groups is 1. The molecule has 0 radical (unpaired) electrons. The Morgan fingerprint density at radius 2 is 1.40 bits per heavy atom. The molecule has 5 rings (SSSR count). The Hall–Kier alpha value is -5.37. The number of carbonyl (C=O) groups excluding carboxylic acids is 2. The lowest BCUT2D eigenvalue weighted by Gasteiger charge is -2.12. The van der Waals surface area contributed by atoms with Crippen molar-refractivity contribution in [1.82, 2.24) is 5.43 Å². The standard InChI is InChI=1S/C32H26N2O6/c1-37-29-17-15-23(18-30(29)38-2)32(36)40-28-16-14-22-9-3-5-11-24(22)26(28)19-33-34-31(35)20-39-27-13-7-10-21-8-4-6-12-25(21)27/h3-19H,20H2,1-2H3,(H,34,35)/b33-19+. The molecule has 0 unspecified atom stereocenters. The Kier molecular flexibility index (Phi) is 7.87. The summed E-state index contributed by atoms with van der Waals surface area (Å²) >= 11 is 0.